The highest BCUT2D eigenvalue weighted by Gasteiger charge is 2.15. The van der Waals surface area contributed by atoms with Gasteiger partial charge < -0.3 is 4.74 Å². The zero-order valence-corrected chi connectivity index (χ0v) is 12.4. The number of rotatable bonds is 4. The van der Waals surface area contributed by atoms with E-state index in [0.717, 1.165) is 5.69 Å². The highest BCUT2D eigenvalue weighted by atomic mass is 79.9. The SMILES string of the molecule is COc1cc(CC(Cl)c2cccc(F)c2Br)ncn1. The van der Waals surface area contributed by atoms with Gasteiger partial charge in [-0.1, -0.05) is 12.1 Å². The van der Waals surface area contributed by atoms with Crippen LogP contribution >= 0.6 is 27.5 Å². The lowest BCUT2D eigenvalue weighted by molar-refractivity contribution is 0.396. The Morgan fingerprint density at radius 1 is 1.42 bits per heavy atom. The lowest BCUT2D eigenvalue weighted by Crippen LogP contribution is -2.01. The monoisotopic (exact) mass is 344 g/mol. The molecule has 100 valence electrons. The maximum atomic E-state index is 13.4. The molecule has 0 N–H and O–H groups in total. The number of aromatic nitrogens is 2. The summed E-state index contributed by atoms with van der Waals surface area (Å²) in [5.74, 6) is 0.149. The molecule has 0 bridgehead atoms. The first-order chi connectivity index (χ1) is 9.11. The Balaban J connectivity index is 2.20. The molecule has 3 nitrogen and oxygen atoms in total. The van der Waals surface area contributed by atoms with Gasteiger partial charge in [-0.2, -0.15) is 0 Å². The predicted octanol–water partition coefficient (Wildman–Crippen LogP) is 3.91. The molecule has 2 aromatic rings. The van der Waals surface area contributed by atoms with Crippen LogP contribution in [0, 0.1) is 5.82 Å². The molecule has 6 heteroatoms. The van der Waals surface area contributed by atoms with E-state index >= 15 is 0 Å². The summed E-state index contributed by atoms with van der Waals surface area (Å²) in [5.41, 5.74) is 1.43. The van der Waals surface area contributed by atoms with E-state index in [1.54, 1.807) is 18.2 Å². The van der Waals surface area contributed by atoms with Gasteiger partial charge >= 0.3 is 0 Å². The first kappa shape index (κ1) is 14.2. The molecule has 1 aromatic carbocycles. The van der Waals surface area contributed by atoms with Crippen LogP contribution in [0.25, 0.3) is 0 Å². The number of nitrogens with zero attached hydrogens (tertiary/aromatic N) is 2. The fourth-order valence-corrected chi connectivity index (χ4v) is 2.67. The lowest BCUT2D eigenvalue weighted by Gasteiger charge is -2.12. The van der Waals surface area contributed by atoms with Crippen molar-refractivity contribution in [2.45, 2.75) is 11.8 Å². The number of ether oxygens (including phenoxy) is 1. The Kier molecular flexibility index (Phi) is 4.71. The Morgan fingerprint density at radius 2 is 2.21 bits per heavy atom. The maximum absolute atomic E-state index is 13.4. The van der Waals surface area contributed by atoms with Gasteiger partial charge in [0.15, 0.2) is 0 Å². The van der Waals surface area contributed by atoms with E-state index in [1.165, 1.54) is 19.5 Å². The molecule has 1 heterocycles. The molecule has 0 saturated heterocycles. The maximum Gasteiger partial charge on any atom is 0.216 e. The van der Waals surface area contributed by atoms with Crippen molar-refractivity contribution in [1.82, 2.24) is 9.97 Å². The molecule has 0 aliphatic carbocycles. The molecule has 1 unspecified atom stereocenters. The average molecular weight is 346 g/mol. The Hall–Kier alpha value is -1.20. The van der Waals surface area contributed by atoms with Crippen LogP contribution in [-0.2, 0) is 6.42 Å². The van der Waals surface area contributed by atoms with Crippen LogP contribution < -0.4 is 4.74 Å². The van der Waals surface area contributed by atoms with Gasteiger partial charge in [-0.05, 0) is 27.6 Å². The summed E-state index contributed by atoms with van der Waals surface area (Å²) in [6.07, 6.45) is 1.88. The van der Waals surface area contributed by atoms with E-state index in [4.69, 9.17) is 16.3 Å². The van der Waals surface area contributed by atoms with E-state index in [-0.39, 0.29) is 11.2 Å². The van der Waals surface area contributed by atoms with Gasteiger partial charge in [-0.25, -0.2) is 14.4 Å². The Labute approximate surface area is 123 Å². The quantitative estimate of drug-likeness (QED) is 0.788. The zero-order chi connectivity index (χ0) is 13.8. The highest BCUT2D eigenvalue weighted by Crippen LogP contribution is 2.32. The van der Waals surface area contributed by atoms with Crippen molar-refractivity contribution < 1.29 is 9.13 Å². The number of methoxy groups -OCH3 is 1. The lowest BCUT2D eigenvalue weighted by atomic mass is 10.1. The first-order valence-corrected chi connectivity index (χ1v) is 6.77. The summed E-state index contributed by atoms with van der Waals surface area (Å²) >= 11 is 9.52. The first-order valence-electron chi connectivity index (χ1n) is 5.54. The van der Waals surface area contributed by atoms with Gasteiger partial charge in [0.25, 0.3) is 0 Å². The number of halogens is 3. The van der Waals surface area contributed by atoms with Gasteiger partial charge in [0.05, 0.1) is 17.0 Å². The zero-order valence-electron chi connectivity index (χ0n) is 10.1. The Morgan fingerprint density at radius 3 is 2.95 bits per heavy atom. The normalized spacial score (nSPS) is 12.2. The minimum Gasteiger partial charge on any atom is -0.481 e. The predicted molar refractivity (Wildman–Crippen MR) is 75.0 cm³/mol. The molecular formula is C13H11BrClFN2O. The molecule has 0 spiro atoms. The van der Waals surface area contributed by atoms with Crippen molar-refractivity contribution in [1.29, 1.82) is 0 Å². The van der Waals surface area contributed by atoms with Crippen molar-refractivity contribution in [3.8, 4) is 5.88 Å². The highest BCUT2D eigenvalue weighted by molar-refractivity contribution is 9.10. The minimum atomic E-state index is -0.385. The summed E-state index contributed by atoms with van der Waals surface area (Å²) in [5, 5.41) is -0.385. The van der Waals surface area contributed by atoms with Crippen LogP contribution in [0.2, 0.25) is 0 Å². The van der Waals surface area contributed by atoms with Crippen molar-refractivity contribution in [2.24, 2.45) is 0 Å². The van der Waals surface area contributed by atoms with E-state index in [1.807, 2.05) is 0 Å². The molecule has 1 aromatic heterocycles. The van der Waals surface area contributed by atoms with Crippen LogP contribution in [0.4, 0.5) is 4.39 Å². The smallest absolute Gasteiger partial charge is 0.216 e. The molecule has 0 fully saturated rings. The standard InChI is InChI=1S/C13H11BrClFN2O/c1-19-12-6-8(17-7-18-12)5-10(15)9-3-2-4-11(16)13(9)14/h2-4,6-7,10H,5H2,1H3. The fourth-order valence-electron chi connectivity index (χ4n) is 1.66. The average Bonchev–Trinajstić information content (AvgIpc) is 2.42. The molecular weight excluding hydrogens is 335 g/mol. The van der Waals surface area contributed by atoms with Crippen molar-refractivity contribution >= 4 is 27.5 Å². The molecule has 1 atom stereocenters. The summed E-state index contributed by atoms with van der Waals surface area (Å²) in [7, 11) is 1.54. The second kappa shape index (κ2) is 6.30. The van der Waals surface area contributed by atoms with Crippen LogP contribution in [0.5, 0.6) is 5.88 Å². The topological polar surface area (TPSA) is 35.0 Å². The van der Waals surface area contributed by atoms with Crippen LogP contribution in [-0.4, -0.2) is 17.1 Å². The van der Waals surface area contributed by atoms with E-state index in [0.29, 0.717) is 22.3 Å². The van der Waals surface area contributed by atoms with Gasteiger partial charge in [0, 0.05) is 18.2 Å². The molecule has 0 saturated carbocycles. The van der Waals surface area contributed by atoms with Gasteiger partial charge in [-0.3, -0.25) is 0 Å². The fraction of sp³-hybridized carbons (Fsp3) is 0.231. The van der Waals surface area contributed by atoms with Crippen molar-refractivity contribution in [2.75, 3.05) is 7.11 Å². The summed E-state index contributed by atoms with van der Waals surface area (Å²) < 4.78 is 18.9. The van der Waals surface area contributed by atoms with Crippen molar-refractivity contribution in [3.63, 3.8) is 0 Å². The summed E-state index contributed by atoms with van der Waals surface area (Å²) in [6, 6.07) is 6.50. The molecule has 0 amide bonds. The van der Waals surface area contributed by atoms with Gasteiger partial charge in [0.1, 0.15) is 12.1 Å². The largest absolute Gasteiger partial charge is 0.481 e. The van der Waals surface area contributed by atoms with E-state index < -0.39 is 0 Å². The van der Waals surface area contributed by atoms with Crippen LogP contribution in [0.1, 0.15) is 16.6 Å². The summed E-state index contributed by atoms with van der Waals surface area (Å²) in [4.78, 5) is 8.04. The molecule has 0 aliphatic heterocycles. The number of hydrogen-bond acceptors (Lipinski definition) is 3. The molecule has 0 radical (unpaired) electrons. The third kappa shape index (κ3) is 3.42. The number of hydrogen-bond donors (Lipinski definition) is 0. The molecule has 2 rings (SSSR count). The Bertz CT molecular complexity index is 582. The molecule has 0 aliphatic rings. The molecule has 19 heavy (non-hydrogen) atoms. The van der Waals surface area contributed by atoms with Crippen LogP contribution in [0.15, 0.2) is 35.1 Å². The minimum absolute atomic E-state index is 0.330. The second-order valence-corrected chi connectivity index (χ2v) is 5.19. The summed E-state index contributed by atoms with van der Waals surface area (Å²) in [6.45, 7) is 0. The van der Waals surface area contributed by atoms with E-state index in [9.17, 15) is 4.39 Å². The van der Waals surface area contributed by atoms with E-state index in [2.05, 4.69) is 25.9 Å². The second-order valence-electron chi connectivity index (χ2n) is 3.87. The number of benzene rings is 1. The van der Waals surface area contributed by atoms with Gasteiger partial charge in [-0.15, -0.1) is 11.6 Å². The third-order valence-electron chi connectivity index (χ3n) is 2.62. The third-order valence-corrected chi connectivity index (χ3v) is 3.84. The van der Waals surface area contributed by atoms with Crippen LogP contribution in [0.3, 0.4) is 0 Å². The van der Waals surface area contributed by atoms with Crippen molar-refractivity contribution in [3.05, 3.63) is 52.1 Å². The number of alkyl halides is 1. The van der Waals surface area contributed by atoms with Gasteiger partial charge in [0.2, 0.25) is 5.88 Å².